The number of imidazole rings is 1. The average Bonchev–Trinajstić information content (AvgIpc) is 4.21. The fourth-order valence-electron chi connectivity index (χ4n) is 10.3. The van der Waals surface area contributed by atoms with Crippen molar-refractivity contribution in [2.24, 2.45) is 11.8 Å². The quantitative estimate of drug-likeness (QED) is 0.0885. The number of hydrogen-bond acceptors (Lipinski definition) is 10. The largest absolute Gasteiger partial charge is 0.453 e. The van der Waals surface area contributed by atoms with Crippen LogP contribution in [0.4, 0.5) is 15.3 Å². The van der Waals surface area contributed by atoms with E-state index in [1.54, 1.807) is 4.90 Å². The van der Waals surface area contributed by atoms with Gasteiger partial charge in [0.05, 0.1) is 50.3 Å². The summed E-state index contributed by atoms with van der Waals surface area (Å²) in [5.41, 5.74) is 7.64. The molecular weight excluding hydrogens is 873 g/mol. The molecule has 6 unspecified atom stereocenters. The number of hydrogen-bond donors (Lipinski definition) is 4. The number of nitrogens with zero attached hydrogens (tertiary/aromatic N) is 6. The normalized spacial score (nSPS) is 20.4. The van der Waals surface area contributed by atoms with Crippen molar-refractivity contribution in [2.75, 3.05) is 32.2 Å². The number of aromatic amines is 2. The molecule has 16 nitrogen and oxygen atoms in total. The Labute approximate surface area is 405 Å². The van der Waals surface area contributed by atoms with Crippen LogP contribution in [0.1, 0.15) is 139 Å². The minimum Gasteiger partial charge on any atom is -0.453 e. The highest BCUT2D eigenvalue weighted by Gasteiger charge is 2.40. The maximum Gasteiger partial charge on any atom is 0.407 e. The fraction of sp³-hybridized carbons (Fsp3) is 0.491. The van der Waals surface area contributed by atoms with Crippen molar-refractivity contribution in [3.8, 4) is 22.6 Å². The average molecular weight is 941 g/mol. The molecule has 69 heavy (non-hydrogen) atoms. The molecule has 0 aliphatic carbocycles. The van der Waals surface area contributed by atoms with Crippen LogP contribution in [-0.2, 0) is 24.5 Å². The van der Waals surface area contributed by atoms with Gasteiger partial charge in [0, 0.05) is 24.3 Å². The molecule has 0 saturated carbocycles. The molecule has 5 aromatic rings. The molecular formula is C53H68N10O6. The van der Waals surface area contributed by atoms with Gasteiger partial charge >= 0.3 is 12.2 Å². The predicted molar refractivity (Wildman–Crippen MR) is 264 cm³/mol. The number of likely N-dealkylation sites (tertiary alicyclic amines) is 2. The number of aromatic nitrogens is 5. The number of alkyl carbamates (subject to hydrolysis) is 2. The highest BCUT2D eigenvalue weighted by Crippen LogP contribution is 2.48. The fourth-order valence-corrected chi connectivity index (χ4v) is 10.3. The Morgan fingerprint density at radius 1 is 0.652 bits per heavy atom. The lowest BCUT2D eigenvalue weighted by molar-refractivity contribution is -0.136. The summed E-state index contributed by atoms with van der Waals surface area (Å²) in [5, 5.41) is 13.2. The number of carbonyl (C=O) groups is 4. The lowest BCUT2D eigenvalue weighted by Crippen LogP contribution is -2.51. The van der Waals surface area contributed by atoms with Crippen molar-refractivity contribution >= 4 is 29.7 Å². The van der Waals surface area contributed by atoms with E-state index < -0.39 is 24.3 Å². The first kappa shape index (κ1) is 48.7. The standard InChI is InChI=1S/C53H68N10O6/c1-31(2)44(56-51(66)68-8)49(64)61-28-10-12-42(61)47-54-30-39(55-47)33-14-16-34(17-15-33)40-26-27-41(63(40)38-24-22-37(23-25-38)53(5,6)7)35-18-20-36(21-19-35)46-58-48(60-59-46)43-13-11-29-62(43)50(65)45(32(3)4)57-52(67)69-9/h14-25,30-32,40-45H,10-13,26-29H2,1-9H3,(H,54,55)(H,56,66)(H,57,67)(H,58,59,60). The molecule has 8 rings (SSSR count). The Balaban J connectivity index is 1.00. The summed E-state index contributed by atoms with van der Waals surface area (Å²) in [6.45, 7) is 15.5. The predicted octanol–water partition coefficient (Wildman–Crippen LogP) is 9.33. The smallest absolute Gasteiger partial charge is 0.407 e. The van der Waals surface area contributed by atoms with Crippen LogP contribution in [0, 0.1) is 11.8 Å². The summed E-state index contributed by atoms with van der Waals surface area (Å²) in [6.07, 6.45) is 5.69. The topological polar surface area (TPSA) is 191 Å². The van der Waals surface area contributed by atoms with Crippen molar-refractivity contribution in [1.29, 1.82) is 0 Å². The molecule has 4 amide bonds. The summed E-state index contributed by atoms with van der Waals surface area (Å²) in [6, 6.07) is 24.6. The van der Waals surface area contributed by atoms with E-state index in [1.807, 2.05) is 38.8 Å². The van der Waals surface area contributed by atoms with E-state index in [1.165, 1.54) is 30.9 Å². The molecule has 6 atom stereocenters. The molecule has 5 heterocycles. The Hall–Kier alpha value is -6.71. The Bertz CT molecular complexity index is 2430. The highest BCUT2D eigenvalue weighted by atomic mass is 16.5. The zero-order chi connectivity index (χ0) is 49.1. The molecule has 3 saturated heterocycles. The Kier molecular flexibility index (Phi) is 14.5. The number of ether oxygens (including phenoxy) is 2. The van der Waals surface area contributed by atoms with Crippen LogP contribution < -0.4 is 15.5 Å². The molecule has 16 heteroatoms. The minimum absolute atomic E-state index is 0.0221. The third-order valence-corrected chi connectivity index (χ3v) is 14.2. The van der Waals surface area contributed by atoms with Crippen molar-refractivity contribution in [3.63, 3.8) is 0 Å². The van der Waals surface area contributed by atoms with Gasteiger partial charge in [0.1, 0.15) is 23.7 Å². The van der Waals surface area contributed by atoms with Crippen LogP contribution in [0.15, 0.2) is 79.0 Å². The summed E-state index contributed by atoms with van der Waals surface area (Å²) >= 11 is 0. The number of benzene rings is 3. The molecule has 366 valence electrons. The second-order valence-corrected chi connectivity index (χ2v) is 20.4. The second-order valence-electron chi connectivity index (χ2n) is 20.4. The van der Waals surface area contributed by atoms with Crippen molar-refractivity contribution < 1.29 is 28.7 Å². The third kappa shape index (κ3) is 10.3. The van der Waals surface area contributed by atoms with Crippen LogP contribution in [0.25, 0.3) is 22.6 Å². The summed E-state index contributed by atoms with van der Waals surface area (Å²) in [4.78, 5) is 71.1. The first-order valence-electron chi connectivity index (χ1n) is 24.4. The zero-order valence-electron chi connectivity index (χ0n) is 41.4. The number of methoxy groups -OCH3 is 2. The van der Waals surface area contributed by atoms with Gasteiger partial charge < -0.3 is 39.8 Å². The van der Waals surface area contributed by atoms with Crippen molar-refractivity contribution in [3.05, 3.63) is 107 Å². The summed E-state index contributed by atoms with van der Waals surface area (Å²) in [5.74, 6) is 1.39. The van der Waals surface area contributed by atoms with Gasteiger partial charge in [-0.2, -0.15) is 5.10 Å². The van der Waals surface area contributed by atoms with Gasteiger partial charge in [-0.25, -0.2) is 19.6 Å². The molecule has 3 aliphatic heterocycles. The van der Waals surface area contributed by atoms with Crippen molar-refractivity contribution in [1.82, 2.24) is 45.6 Å². The molecule has 3 aromatic carbocycles. The van der Waals surface area contributed by atoms with Crippen LogP contribution in [0.3, 0.4) is 0 Å². The maximum atomic E-state index is 13.7. The molecule has 2 aromatic heterocycles. The van der Waals surface area contributed by atoms with Gasteiger partial charge in [-0.1, -0.05) is 109 Å². The van der Waals surface area contributed by atoms with Crippen LogP contribution in [0.5, 0.6) is 0 Å². The Morgan fingerprint density at radius 3 is 1.62 bits per heavy atom. The number of carbonyl (C=O) groups excluding carboxylic acids is 4. The number of nitrogens with one attached hydrogen (secondary N) is 4. The van der Waals surface area contributed by atoms with E-state index >= 15 is 0 Å². The molecule has 3 fully saturated rings. The second kappa shape index (κ2) is 20.5. The van der Waals surface area contributed by atoms with E-state index in [2.05, 4.69) is 124 Å². The van der Waals surface area contributed by atoms with E-state index in [0.717, 1.165) is 66.9 Å². The van der Waals surface area contributed by atoms with E-state index in [-0.39, 0.29) is 53.2 Å². The molecule has 0 bridgehead atoms. The number of amides is 4. The lowest BCUT2D eigenvalue weighted by Gasteiger charge is -2.34. The van der Waals surface area contributed by atoms with Gasteiger partial charge in [0.25, 0.3) is 0 Å². The van der Waals surface area contributed by atoms with Gasteiger partial charge in [-0.15, -0.1) is 0 Å². The van der Waals surface area contributed by atoms with Gasteiger partial charge in [0.15, 0.2) is 5.82 Å². The molecule has 3 aliphatic rings. The number of H-pyrrole nitrogens is 2. The van der Waals surface area contributed by atoms with Gasteiger partial charge in [-0.05, 0) is 90.2 Å². The first-order valence-corrected chi connectivity index (χ1v) is 24.4. The van der Waals surface area contributed by atoms with E-state index in [4.69, 9.17) is 19.4 Å². The summed E-state index contributed by atoms with van der Waals surface area (Å²) < 4.78 is 9.61. The molecule has 4 N–H and O–H groups in total. The third-order valence-electron chi connectivity index (χ3n) is 14.2. The van der Waals surface area contributed by atoms with Crippen LogP contribution in [-0.4, -0.2) is 98.3 Å². The monoisotopic (exact) mass is 941 g/mol. The first-order chi connectivity index (χ1) is 33.1. The van der Waals surface area contributed by atoms with E-state index in [9.17, 15) is 19.2 Å². The maximum absolute atomic E-state index is 13.7. The lowest BCUT2D eigenvalue weighted by atomic mass is 9.87. The van der Waals surface area contributed by atoms with Crippen LogP contribution in [0.2, 0.25) is 0 Å². The number of anilines is 1. The minimum atomic E-state index is -0.715. The molecule has 0 radical (unpaired) electrons. The van der Waals surface area contributed by atoms with Gasteiger partial charge in [-0.3, -0.25) is 14.7 Å². The van der Waals surface area contributed by atoms with Crippen LogP contribution >= 0.6 is 0 Å². The Morgan fingerprint density at radius 2 is 1.14 bits per heavy atom. The highest BCUT2D eigenvalue weighted by molar-refractivity contribution is 5.87. The molecule has 0 spiro atoms. The zero-order valence-corrected chi connectivity index (χ0v) is 41.4. The number of rotatable bonds is 13. The SMILES string of the molecule is COC(=O)NC(C(=O)N1CCCC1c1nc(-c2ccc(C3CCC(c4ccc(-c5cnc(C6CCCN6C(=O)C(NC(=O)OC)C(C)C)[nH]5)cc4)N3c3ccc(C(C)(C)C)cc3)cc2)n[nH]1)C(C)C. The summed E-state index contributed by atoms with van der Waals surface area (Å²) in [7, 11) is 2.59. The van der Waals surface area contributed by atoms with Gasteiger partial charge in [0.2, 0.25) is 11.8 Å². The van der Waals surface area contributed by atoms with Crippen molar-refractivity contribution in [2.45, 2.75) is 129 Å². The van der Waals surface area contributed by atoms with E-state index in [0.29, 0.717) is 24.7 Å².